The molecule has 0 saturated carbocycles. The summed E-state index contributed by atoms with van der Waals surface area (Å²) in [5, 5.41) is 33.6. The Hall–Kier alpha value is -4.61. The van der Waals surface area contributed by atoms with Crippen LogP contribution in [0.25, 0.3) is 11.1 Å². The van der Waals surface area contributed by atoms with Gasteiger partial charge in [-0.05, 0) is 35.2 Å². The van der Waals surface area contributed by atoms with Gasteiger partial charge < -0.3 is 21.1 Å². The molecule has 0 saturated heterocycles. The van der Waals surface area contributed by atoms with Crippen LogP contribution < -0.4 is 16.4 Å². The lowest BCUT2D eigenvalue weighted by atomic mass is 9.93. The molecule has 0 radical (unpaired) electrons. The van der Waals surface area contributed by atoms with Crippen molar-refractivity contribution < 1.29 is 24.3 Å². The Morgan fingerprint density at radius 1 is 1.05 bits per heavy atom. The molecule has 0 aliphatic carbocycles. The Bertz CT molecular complexity index is 1170. The summed E-state index contributed by atoms with van der Waals surface area (Å²) in [6, 6.07) is 17.0. The lowest BCUT2D eigenvalue weighted by Crippen LogP contribution is -2.53. The van der Waals surface area contributed by atoms with E-state index in [1.807, 2.05) is 48.5 Å². The molecule has 4 amide bonds. The number of nitrogens with two attached hydrogens (primary N) is 1. The highest BCUT2D eigenvalue weighted by molar-refractivity contribution is 5.95. The number of ether oxygens (including phenoxy) is 1. The van der Waals surface area contributed by atoms with Gasteiger partial charge >= 0.3 is 12.1 Å². The van der Waals surface area contributed by atoms with Crippen LogP contribution in [0.5, 0.6) is 0 Å². The van der Waals surface area contributed by atoms with E-state index >= 15 is 0 Å². The monoisotopic (exact) mass is 520 g/mol. The van der Waals surface area contributed by atoms with Crippen LogP contribution in [-0.4, -0.2) is 53.5 Å². The summed E-state index contributed by atoms with van der Waals surface area (Å²) in [5.74, 6) is -1.22. The first kappa shape index (κ1) is 29.6. The number of benzene rings is 2. The SMILES string of the molecule is CCc1ccc(-c2ccc(C(=O)N[C@@H](CN(O)C(=O)NCCC#N)C(C)[C@@H](CC#N)OC(N)=O)cc2)cc1. The molecule has 0 spiro atoms. The fourth-order valence-corrected chi connectivity index (χ4v) is 3.76. The average Bonchev–Trinajstić information content (AvgIpc) is 2.91. The van der Waals surface area contributed by atoms with Crippen molar-refractivity contribution in [2.45, 2.75) is 45.3 Å². The maximum Gasteiger partial charge on any atom is 0.404 e. The minimum atomic E-state index is -1.10. The maximum absolute atomic E-state index is 13.1. The van der Waals surface area contributed by atoms with Gasteiger partial charge in [-0.15, -0.1) is 0 Å². The first-order chi connectivity index (χ1) is 18.2. The fraction of sp³-hybridized carbons (Fsp3) is 0.370. The minimum absolute atomic E-state index is 0.0222. The van der Waals surface area contributed by atoms with Crippen LogP contribution >= 0.6 is 0 Å². The molecule has 0 heterocycles. The van der Waals surface area contributed by atoms with Crippen molar-refractivity contribution in [1.29, 1.82) is 10.5 Å². The number of hydrogen-bond donors (Lipinski definition) is 4. The zero-order valence-corrected chi connectivity index (χ0v) is 21.4. The van der Waals surface area contributed by atoms with E-state index in [9.17, 15) is 19.6 Å². The van der Waals surface area contributed by atoms with Gasteiger partial charge in [0.2, 0.25) is 0 Å². The van der Waals surface area contributed by atoms with E-state index in [-0.39, 0.29) is 19.4 Å². The van der Waals surface area contributed by atoms with Crippen molar-refractivity contribution in [2.24, 2.45) is 11.7 Å². The Labute approximate surface area is 221 Å². The Morgan fingerprint density at radius 2 is 1.66 bits per heavy atom. The highest BCUT2D eigenvalue weighted by Gasteiger charge is 2.32. The summed E-state index contributed by atoms with van der Waals surface area (Å²) in [7, 11) is 0. The van der Waals surface area contributed by atoms with E-state index in [1.54, 1.807) is 19.1 Å². The number of urea groups is 1. The first-order valence-corrected chi connectivity index (χ1v) is 12.1. The topological polar surface area (TPSA) is 182 Å². The third-order valence-corrected chi connectivity index (χ3v) is 6.06. The summed E-state index contributed by atoms with van der Waals surface area (Å²) in [6.07, 6.45) is -1.34. The number of nitriles is 2. The predicted octanol–water partition coefficient (Wildman–Crippen LogP) is 3.34. The van der Waals surface area contributed by atoms with Crippen molar-refractivity contribution in [3.05, 3.63) is 59.7 Å². The molecular weight excluding hydrogens is 488 g/mol. The van der Waals surface area contributed by atoms with Gasteiger partial charge in [0.05, 0.1) is 37.6 Å². The summed E-state index contributed by atoms with van der Waals surface area (Å²) in [4.78, 5) is 36.7. The highest BCUT2D eigenvalue weighted by Crippen LogP contribution is 2.22. The molecule has 200 valence electrons. The third-order valence-electron chi connectivity index (χ3n) is 6.06. The number of amides is 4. The summed E-state index contributed by atoms with van der Waals surface area (Å²) >= 11 is 0. The molecule has 0 fully saturated rings. The third kappa shape index (κ3) is 8.80. The minimum Gasteiger partial charge on any atom is -0.445 e. The number of aryl methyl sites for hydroxylation is 1. The fourth-order valence-electron chi connectivity index (χ4n) is 3.76. The number of hydrogen-bond acceptors (Lipinski definition) is 7. The van der Waals surface area contributed by atoms with E-state index in [2.05, 4.69) is 17.6 Å². The van der Waals surface area contributed by atoms with Crippen LogP contribution in [0.1, 0.15) is 42.6 Å². The Kier molecular flexibility index (Phi) is 11.6. The number of rotatable bonds is 12. The molecule has 2 rings (SSSR count). The number of hydroxylamine groups is 2. The lowest BCUT2D eigenvalue weighted by molar-refractivity contribution is -0.0577. The summed E-state index contributed by atoms with van der Waals surface area (Å²) in [5.41, 5.74) is 8.61. The maximum atomic E-state index is 13.1. The molecule has 0 aromatic heterocycles. The highest BCUT2D eigenvalue weighted by atomic mass is 16.6. The van der Waals surface area contributed by atoms with Gasteiger partial charge in [-0.3, -0.25) is 10.0 Å². The first-order valence-electron chi connectivity index (χ1n) is 12.1. The van der Waals surface area contributed by atoms with E-state index in [4.69, 9.17) is 21.0 Å². The molecular formula is C27H32N6O5. The van der Waals surface area contributed by atoms with Crippen molar-refractivity contribution >= 4 is 18.0 Å². The second kappa shape index (κ2) is 14.8. The van der Waals surface area contributed by atoms with Gasteiger partial charge in [-0.1, -0.05) is 50.2 Å². The second-order valence-corrected chi connectivity index (χ2v) is 8.63. The number of nitrogens with one attached hydrogen (secondary N) is 2. The van der Waals surface area contributed by atoms with Crippen molar-refractivity contribution in [3.63, 3.8) is 0 Å². The number of carbonyl (C=O) groups is 3. The van der Waals surface area contributed by atoms with Crippen LogP contribution in [-0.2, 0) is 11.2 Å². The smallest absolute Gasteiger partial charge is 0.404 e. The molecule has 2 aromatic rings. The predicted molar refractivity (Wildman–Crippen MR) is 138 cm³/mol. The van der Waals surface area contributed by atoms with Crippen LogP contribution in [0.2, 0.25) is 0 Å². The summed E-state index contributed by atoms with van der Waals surface area (Å²) < 4.78 is 5.05. The standard InChI is InChI=1S/C27H32N6O5/c1-3-19-5-7-20(8-6-19)21-9-11-22(12-10-21)25(34)32-23(17-33(37)27(36)31-16-4-14-28)18(2)24(13-15-29)38-26(30)35/h5-12,18,23-24,37H,3-4,13,16-17H2,1-2H3,(H2,30,35)(H,31,36)(H,32,34)/t18?,23-,24+/m0/s1. The number of carbonyl (C=O) groups excluding carboxylic acids is 3. The molecule has 11 nitrogen and oxygen atoms in total. The molecule has 1 unspecified atom stereocenters. The van der Waals surface area contributed by atoms with Gasteiger partial charge in [0.1, 0.15) is 6.10 Å². The molecule has 0 aliphatic heterocycles. The molecule has 2 aromatic carbocycles. The molecule has 5 N–H and O–H groups in total. The van der Waals surface area contributed by atoms with E-state index in [0.29, 0.717) is 10.6 Å². The van der Waals surface area contributed by atoms with E-state index < -0.39 is 42.6 Å². The van der Waals surface area contributed by atoms with Crippen LogP contribution in [0.4, 0.5) is 9.59 Å². The number of primary amides is 1. The van der Waals surface area contributed by atoms with E-state index in [0.717, 1.165) is 17.5 Å². The molecule has 0 aliphatic rings. The van der Waals surface area contributed by atoms with Crippen molar-refractivity contribution in [1.82, 2.24) is 15.7 Å². The zero-order valence-electron chi connectivity index (χ0n) is 21.4. The molecule has 0 bridgehead atoms. The molecule has 38 heavy (non-hydrogen) atoms. The van der Waals surface area contributed by atoms with Gasteiger partial charge in [-0.25, -0.2) is 14.7 Å². The quantitative estimate of drug-likeness (QED) is 0.188. The summed E-state index contributed by atoms with van der Waals surface area (Å²) in [6.45, 7) is 3.31. The van der Waals surface area contributed by atoms with Crippen molar-refractivity contribution in [2.75, 3.05) is 13.1 Å². The van der Waals surface area contributed by atoms with Gasteiger partial charge in [-0.2, -0.15) is 10.5 Å². The van der Waals surface area contributed by atoms with Crippen molar-refractivity contribution in [3.8, 4) is 23.3 Å². The Morgan fingerprint density at radius 3 is 2.18 bits per heavy atom. The van der Waals surface area contributed by atoms with Crippen LogP contribution in [0, 0.1) is 28.6 Å². The lowest BCUT2D eigenvalue weighted by Gasteiger charge is -2.32. The van der Waals surface area contributed by atoms with Gasteiger partial charge in [0.15, 0.2) is 0 Å². The van der Waals surface area contributed by atoms with Gasteiger partial charge in [0.25, 0.3) is 5.91 Å². The molecule has 3 atom stereocenters. The second-order valence-electron chi connectivity index (χ2n) is 8.63. The van der Waals surface area contributed by atoms with E-state index in [1.165, 1.54) is 5.56 Å². The zero-order chi connectivity index (χ0) is 28.1. The average molecular weight is 521 g/mol. The normalized spacial score (nSPS) is 12.7. The van der Waals surface area contributed by atoms with Gasteiger partial charge in [0, 0.05) is 18.0 Å². The van der Waals surface area contributed by atoms with Crippen LogP contribution in [0.3, 0.4) is 0 Å². The largest absolute Gasteiger partial charge is 0.445 e. The van der Waals surface area contributed by atoms with Crippen LogP contribution in [0.15, 0.2) is 48.5 Å². The Balaban J connectivity index is 2.22. The molecule has 11 heteroatoms. The number of nitrogens with zero attached hydrogens (tertiary/aromatic N) is 3.